The molecule has 17 heavy (non-hydrogen) atoms. The minimum atomic E-state index is 0.654. The first-order valence-electron chi connectivity index (χ1n) is 5.05. The molecule has 0 radical (unpaired) electrons. The van der Waals surface area contributed by atoms with Gasteiger partial charge in [0, 0.05) is 23.4 Å². The number of halogens is 2. The summed E-state index contributed by atoms with van der Waals surface area (Å²) in [6.07, 6.45) is 5.43. The SMILES string of the molecule is C=CCn1ccnc1Nc1cc(Br)ccc1Cl. The Kier molecular flexibility index (Phi) is 3.86. The molecule has 0 saturated carbocycles. The lowest BCUT2D eigenvalue weighted by Crippen LogP contribution is -2.02. The lowest BCUT2D eigenvalue weighted by Gasteiger charge is -2.09. The van der Waals surface area contributed by atoms with Crippen LogP contribution >= 0.6 is 27.5 Å². The van der Waals surface area contributed by atoms with Crippen molar-refractivity contribution in [1.82, 2.24) is 9.55 Å². The molecule has 1 aromatic heterocycles. The smallest absolute Gasteiger partial charge is 0.207 e. The van der Waals surface area contributed by atoms with Crippen LogP contribution in [0.5, 0.6) is 0 Å². The maximum Gasteiger partial charge on any atom is 0.207 e. The summed E-state index contributed by atoms with van der Waals surface area (Å²) in [6.45, 7) is 4.41. The zero-order valence-electron chi connectivity index (χ0n) is 9.03. The van der Waals surface area contributed by atoms with Crippen molar-refractivity contribution in [2.24, 2.45) is 0 Å². The highest BCUT2D eigenvalue weighted by Crippen LogP contribution is 2.28. The Hall–Kier alpha value is -1.26. The van der Waals surface area contributed by atoms with Crippen molar-refractivity contribution in [2.75, 3.05) is 5.32 Å². The molecule has 1 heterocycles. The fourth-order valence-electron chi connectivity index (χ4n) is 1.43. The number of aromatic nitrogens is 2. The van der Waals surface area contributed by atoms with E-state index >= 15 is 0 Å². The van der Waals surface area contributed by atoms with Crippen molar-refractivity contribution in [3.8, 4) is 0 Å². The van der Waals surface area contributed by atoms with Gasteiger partial charge in [0.2, 0.25) is 5.95 Å². The fourth-order valence-corrected chi connectivity index (χ4v) is 1.96. The summed E-state index contributed by atoms with van der Waals surface area (Å²) in [5, 5.41) is 3.84. The van der Waals surface area contributed by atoms with Crippen molar-refractivity contribution >= 4 is 39.2 Å². The van der Waals surface area contributed by atoms with Gasteiger partial charge in [0.25, 0.3) is 0 Å². The standard InChI is InChI=1S/C12H11BrClN3/c1-2-6-17-7-5-15-12(17)16-11-8-9(13)3-4-10(11)14/h2-5,7-8H,1,6H2,(H,15,16). The summed E-state index contributed by atoms with van der Waals surface area (Å²) in [7, 11) is 0. The molecule has 0 bridgehead atoms. The molecule has 1 aromatic carbocycles. The molecule has 2 rings (SSSR count). The van der Waals surface area contributed by atoms with Gasteiger partial charge in [-0.2, -0.15) is 0 Å². The number of hydrogen-bond acceptors (Lipinski definition) is 2. The van der Waals surface area contributed by atoms with E-state index in [4.69, 9.17) is 11.6 Å². The monoisotopic (exact) mass is 311 g/mol. The predicted octanol–water partition coefficient (Wildman–Crippen LogP) is 4.23. The van der Waals surface area contributed by atoms with Crippen molar-refractivity contribution in [2.45, 2.75) is 6.54 Å². The van der Waals surface area contributed by atoms with Crippen molar-refractivity contribution < 1.29 is 0 Å². The molecule has 88 valence electrons. The third-order valence-corrected chi connectivity index (χ3v) is 3.04. The van der Waals surface area contributed by atoms with E-state index in [1.54, 1.807) is 6.20 Å². The molecular formula is C12H11BrClN3. The molecule has 0 aliphatic heterocycles. The quantitative estimate of drug-likeness (QED) is 0.856. The third kappa shape index (κ3) is 2.90. The number of allylic oxidation sites excluding steroid dienone is 1. The Labute approximate surface area is 113 Å². The summed E-state index contributed by atoms with van der Waals surface area (Å²) in [4.78, 5) is 4.23. The second-order valence-corrected chi connectivity index (χ2v) is 4.76. The lowest BCUT2D eigenvalue weighted by molar-refractivity contribution is 0.833. The molecule has 0 amide bonds. The molecule has 0 unspecified atom stereocenters. The highest BCUT2D eigenvalue weighted by Gasteiger charge is 2.05. The zero-order valence-corrected chi connectivity index (χ0v) is 11.4. The van der Waals surface area contributed by atoms with Gasteiger partial charge in [0.1, 0.15) is 0 Å². The van der Waals surface area contributed by atoms with Gasteiger partial charge >= 0.3 is 0 Å². The first-order chi connectivity index (χ1) is 8.20. The van der Waals surface area contributed by atoms with Gasteiger partial charge in [0.05, 0.1) is 10.7 Å². The van der Waals surface area contributed by atoms with Crippen LogP contribution in [0.3, 0.4) is 0 Å². The molecule has 5 heteroatoms. The van der Waals surface area contributed by atoms with Crippen LogP contribution in [0.1, 0.15) is 0 Å². The topological polar surface area (TPSA) is 29.9 Å². The van der Waals surface area contributed by atoms with Gasteiger partial charge in [-0.25, -0.2) is 4.98 Å². The molecule has 0 spiro atoms. The van der Waals surface area contributed by atoms with Crippen molar-refractivity contribution in [3.05, 3.63) is 52.7 Å². The van der Waals surface area contributed by atoms with E-state index in [2.05, 4.69) is 32.8 Å². The molecule has 0 atom stereocenters. The summed E-state index contributed by atoms with van der Waals surface area (Å²) >= 11 is 9.51. The van der Waals surface area contributed by atoms with E-state index in [-0.39, 0.29) is 0 Å². The van der Waals surface area contributed by atoms with Crippen LogP contribution in [-0.2, 0) is 6.54 Å². The number of benzene rings is 1. The maximum absolute atomic E-state index is 6.10. The summed E-state index contributed by atoms with van der Waals surface area (Å²) in [5.74, 6) is 0.741. The van der Waals surface area contributed by atoms with Crippen molar-refractivity contribution in [1.29, 1.82) is 0 Å². The highest BCUT2D eigenvalue weighted by molar-refractivity contribution is 9.10. The van der Waals surface area contributed by atoms with E-state index < -0.39 is 0 Å². The average Bonchev–Trinajstić information content (AvgIpc) is 2.72. The second kappa shape index (κ2) is 5.38. The van der Waals surface area contributed by atoms with Crippen LogP contribution in [0.15, 0.2) is 47.7 Å². The molecule has 1 N–H and O–H groups in total. The van der Waals surface area contributed by atoms with Gasteiger partial charge in [0.15, 0.2) is 0 Å². The first-order valence-corrected chi connectivity index (χ1v) is 6.22. The number of imidazole rings is 1. The normalized spacial score (nSPS) is 10.2. The lowest BCUT2D eigenvalue weighted by atomic mass is 10.3. The number of nitrogens with zero attached hydrogens (tertiary/aromatic N) is 2. The highest BCUT2D eigenvalue weighted by atomic mass is 79.9. The number of hydrogen-bond donors (Lipinski definition) is 1. The van der Waals surface area contributed by atoms with E-state index in [1.807, 2.05) is 35.0 Å². The van der Waals surface area contributed by atoms with E-state index in [9.17, 15) is 0 Å². The molecule has 0 saturated heterocycles. The summed E-state index contributed by atoms with van der Waals surface area (Å²) in [6, 6.07) is 5.63. The van der Waals surface area contributed by atoms with E-state index in [0.717, 1.165) is 16.1 Å². The maximum atomic E-state index is 6.10. The molecule has 0 aliphatic carbocycles. The van der Waals surface area contributed by atoms with Gasteiger partial charge in [-0.3, -0.25) is 0 Å². The van der Waals surface area contributed by atoms with Crippen LogP contribution < -0.4 is 5.32 Å². The van der Waals surface area contributed by atoms with Gasteiger partial charge in [-0.05, 0) is 18.2 Å². The van der Waals surface area contributed by atoms with E-state index in [1.165, 1.54) is 0 Å². The first kappa shape index (κ1) is 12.2. The average molecular weight is 313 g/mol. The van der Waals surface area contributed by atoms with Crippen LogP contribution in [-0.4, -0.2) is 9.55 Å². The number of anilines is 2. The Morgan fingerprint density at radius 3 is 3.12 bits per heavy atom. The van der Waals surface area contributed by atoms with Gasteiger partial charge < -0.3 is 9.88 Å². The van der Waals surface area contributed by atoms with Crippen molar-refractivity contribution in [3.63, 3.8) is 0 Å². The second-order valence-electron chi connectivity index (χ2n) is 3.44. The Bertz CT molecular complexity index is 536. The van der Waals surface area contributed by atoms with Crippen LogP contribution in [0.2, 0.25) is 5.02 Å². The Morgan fingerprint density at radius 1 is 1.53 bits per heavy atom. The third-order valence-electron chi connectivity index (χ3n) is 2.22. The van der Waals surface area contributed by atoms with Crippen LogP contribution in [0.4, 0.5) is 11.6 Å². The summed E-state index contributed by atoms with van der Waals surface area (Å²) < 4.78 is 2.91. The molecule has 0 aliphatic rings. The number of nitrogens with one attached hydrogen (secondary N) is 1. The molecule has 3 nitrogen and oxygen atoms in total. The molecular weight excluding hydrogens is 302 g/mol. The molecule has 2 aromatic rings. The largest absolute Gasteiger partial charge is 0.324 e. The minimum Gasteiger partial charge on any atom is -0.324 e. The molecule has 0 fully saturated rings. The number of rotatable bonds is 4. The zero-order chi connectivity index (χ0) is 12.3. The Morgan fingerprint density at radius 2 is 2.35 bits per heavy atom. The summed E-state index contributed by atoms with van der Waals surface area (Å²) in [5.41, 5.74) is 0.817. The minimum absolute atomic E-state index is 0.654. The predicted molar refractivity (Wildman–Crippen MR) is 74.9 cm³/mol. The fraction of sp³-hybridized carbons (Fsp3) is 0.0833. The van der Waals surface area contributed by atoms with Gasteiger partial charge in [-0.1, -0.05) is 33.6 Å². The van der Waals surface area contributed by atoms with E-state index in [0.29, 0.717) is 11.6 Å². The van der Waals surface area contributed by atoms with Gasteiger partial charge in [-0.15, -0.1) is 6.58 Å². The Balaban J connectivity index is 2.27. The van der Waals surface area contributed by atoms with Crippen LogP contribution in [0, 0.1) is 0 Å². The van der Waals surface area contributed by atoms with Crippen LogP contribution in [0.25, 0.3) is 0 Å².